The van der Waals surface area contributed by atoms with Crippen LogP contribution in [0.3, 0.4) is 0 Å². The minimum Gasteiger partial charge on any atom is -0.396 e. The molecule has 0 saturated heterocycles. The van der Waals surface area contributed by atoms with E-state index in [1.807, 2.05) is 6.07 Å². The maximum absolute atomic E-state index is 10.6. The number of hydrogen-bond acceptors (Lipinski definition) is 6. The second-order valence-corrected chi connectivity index (χ2v) is 4.95. The van der Waals surface area contributed by atoms with Crippen LogP contribution in [0.5, 0.6) is 0 Å². The van der Waals surface area contributed by atoms with Crippen LogP contribution >= 0.6 is 0 Å². The van der Waals surface area contributed by atoms with Crippen molar-refractivity contribution in [2.45, 2.75) is 32.6 Å². The Morgan fingerprint density at radius 1 is 1.04 bits per heavy atom. The molecule has 0 aliphatic rings. The molecule has 0 aliphatic heterocycles. The lowest BCUT2D eigenvalue weighted by Gasteiger charge is -2.01. The summed E-state index contributed by atoms with van der Waals surface area (Å²) in [6.45, 7) is 2.66. The molecule has 6 heteroatoms. The Kier molecular flexibility index (Phi) is 9.75. The fraction of sp³-hybridized carbons (Fsp3) is 0.412. The molecule has 1 aromatic carbocycles. The number of carbonyl (C=O) groups excluding carboxylic acids is 2. The van der Waals surface area contributed by atoms with E-state index in [0.29, 0.717) is 30.8 Å². The van der Waals surface area contributed by atoms with Crippen LogP contribution in [0, 0.1) is 0 Å². The Morgan fingerprint density at radius 3 is 2.43 bits per heavy atom. The minimum absolute atomic E-state index is 0.343. The summed E-state index contributed by atoms with van der Waals surface area (Å²) in [6, 6.07) is 7.14. The van der Waals surface area contributed by atoms with Crippen molar-refractivity contribution in [2.75, 3.05) is 13.2 Å². The van der Waals surface area contributed by atoms with E-state index in [4.69, 9.17) is 9.68 Å². The van der Waals surface area contributed by atoms with Crippen LogP contribution in [-0.4, -0.2) is 37.7 Å². The number of benzene rings is 1. The fourth-order valence-electron chi connectivity index (χ4n) is 1.72. The maximum Gasteiger partial charge on any atom is 0.167 e. The summed E-state index contributed by atoms with van der Waals surface area (Å²) in [6.07, 6.45) is 6.86. The largest absolute Gasteiger partial charge is 0.396 e. The summed E-state index contributed by atoms with van der Waals surface area (Å²) in [5.41, 5.74) is 1.79. The molecule has 0 atom stereocenters. The lowest BCUT2D eigenvalue weighted by Crippen LogP contribution is -1.96. The number of hydrogen-bond donors (Lipinski definition) is 0. The van der Waals surface area contributed by atoms with E-state index in [0.717, 1.165) is 37.5 Å². The zero-order chi connectivity index (χ0) is 16.8. The van der Waals surface area contributed by atoms with Crippen molar-refractivity contribution >= 4 is 24.5 Å². The third kappa shape index (κ3) is 9.18. The van der Waals surface area contributed by atoms with Crippen molar-refractivity contribution in [1.29, 1.82) is 0 Å². The average molecular weight is 318 g/mol. The zero-order valence-corrected chi connectivity index (χ0v) is 13.3. The van der Waals surface area contributed by atoms with Gasteiger partial charge < -0.3 is 9.68 Å². The van der Waals surface area contributed by atoms with Crippen LogP contribution in [0.25, 0.3) is 0 Å². The first-order valence-corrected chi connectivity index (χ1v) is 7.58. The minimum atomic E-state index is 0.343. The normalized spacial score (nSPS) is 11.4. The Labute approximate surface area is 136 Å². The van der Waals surface area contributed by atoms with E-state index in [9.17, 15) is 9.59 Å². The molecular weight excluding hydrogens is 296 g/mol. The highest BCUT2D eigenvalue weighted by atomic mass is 16.6. The van der Waals surface area contributed by atoms with E-state index in [1.54, 1.807) is 31.3 Å². The zero-order valence-electron chi connectivity index (χ0n) is 13.3. The van der Waals surface area contributed by atoms with Gasteiger partial charge in [-0.15, -0.1) is 0 Å². The highest BCUT2D eigenvalue weighted by Crippen LogP contribution is 2.02. The van der Waals surface area contributed by atoms with Crippen LogP contribution < -0.4 is 0 Å². The number of unbranched alkanes of at least 4 members (excludes halogenated alkanes) is 3. The van der Waals surface area contributed by atoms with E-state index < -0.39 is 0 Å². The summed E-state index contributed by atoms with van der Waals surface area (Å²) in [4.78, 5) is 31.1. The van der Waals surface area contributed by atoms with Crippen LogP contribution in [-0.2, 0) is 14.5 Å². The highest BCUT2D eigenvalue weighted by Gasteiger charge is 1.93. The van der Waals surface area contributed by atoms with E-state index in [-0.39, 0.29) is 0 Å². The van der Waals surface area contributed by atoms with Crippen molar-refractivity contribution in [3.8, 4) is 0 Å². The number of carbonyl (C=O) groups is 2. The summed E-state index contributed by atoms with van der Waals surface area (Å²) in [7, 11) is 0. The van der Waals surface area contributed by atoms with Crippen LogP contribution in [0.2, 0.25) is 0 Å². The molecule has 1 rings (SSSR count). The molecule has 0 amide bonds. The molecule has 0 N–H and O–H groups in total. The van der Waals surface area contributed by atoms with Gasteiger partial charge in [0.1, 0.15) is 25.2 Å². The Balaban J connectivity index is 2.02. The quantitative estimate of drug-likeness (QED) is 0.257. The summed E-state index contributed by atoms with van der Waals surface area (Å²) in [5, 5.41) is 7.50. The molecule has 0 heterocycles. The van der Waals surface area contributed by atoms with Crippen molar-refractivity contribution in [1.82, 2.24) is 0 Å². The standard InChI is InChI=1S/C17H22N2O4/c1-15(13-20)19-23-10-5-3-2-4-9-22-18-12-16-7-6-8-17(11-16)14-21/h6-8,11-14H,2-5,9-10H2,1H3/b18-12+,19-15+. The first-order valence-electron chi connectivity index (χ1n) is 7.58. The maximum atomic E-state index is 10.6. The number of nitrogens with zero attached hydrogens (tertiary/aromatic N) is 2. The molecule has 1 aromatic rings. The summed E-state index contributed by atoms with van der Waals surface area (Å²) < 4.78 is 0. The van der Waals surface area contributed by atoms with Crippen LogP contribution in [0.15, 0.2) is 34.6 Å². The SMILES string of the molecule is C/C(C=O)=N\OCCCCCCO/N=C/c1cccc(C=O)c1. The van der Waals surface area contributed by atoms with Gasteiger partial charge in [0.2, 0.25) is 0 Å². The van der Waals surface area contributed by atoms with Gasteiger partial charge in [-0.1, -0.05) is 28.5 Å². The first-order chi connectivity index (χ1) is 11.3. The molecule has 0 radical (unpaired) electrons. The second-order valence-electron chi connectivity index (χ2n) is 4.95. The molecule has 0 aromatic heterocycles. The van der Waals surface area contributed by atoms with Crippen molar-refractivity contribution in [2.24, 2.45) is 10.3 Å². The highest BCUT2D eigenvalue weighted by molar-refractivity contribution is 6.26. The van der Waals surface area contributed by atoms with Gasteiger partial charge in [-0.3, -0.25) is 9.59 Å². The second kappa shape index (κ2) is 12.1. The summed E-state index contributed by atoms with van der Waals surface area (Å²) in [5.74, 6) is 0. The topological polar surface area (TPSA) is 77.3 Å². The number of aldehydes is 2. The van der Waals surface area contributed by atoms with Crippen molar-refractivity contribution < 1.29 is 19.3 Å². The van der Waals surface area contributed by atoms with Crippen molar-refractivity contribution in [3.63, 3.8) is 0 Å². The van der Waals surface area contributed by atoms with E-state index in [2.05, 4.69) is 10.3 Å². The smallest absolute Gasteiger partial charge is 0.167 e. The Bertz CT molecular complexity index is 541. The van der Waals surface area contributed by atoms with Crippen molar-refractivity contribution in [3.05, 3.63) is 35.4 Å². The Hall–Kier alpha value is -2.50. The van der Waals surface area contributed by atoms with E-state index >= 15 is 0 Å². The number of oxime groups is 2. The molecular formula is C17H22N2O4. The predicted octanol–water partition coefficient (Wildman–Crippen LogP) is 3.00. The monoisotopic (exact) mass is 318 g/mol. The molecule has 124 valence electrons. The number of rotatable bonds is 12. The van der Waals surface area contributed by atoms with Gasteiger partial charge in [0.15, 0.2) is 6.29 Å². The molecule has 0 fully saturated rings. The van der Waals surface area contributed by atoms with Crippen LogP contribution in [0.4, 0.5) is 0 Å². The van der Waals surface area contributed by atoms with Gasteiger partial charge in [-0.25, -0.2) is 0 Å². The van der Waals surface area contributed by atoms with Gasteiger partial charge in [0.05, 0.1) is 6.21 Å². The van der Waals surface area contributed by atoms with Crippen LogP contribution in [0.1, 0.15) is 48.5 Å². The lowest BCUT2D eigenvalue weighted by molar-refractivity contribution is -0.102. The molecule has 0 bridgehead atoms. The molecule has 23 heavy (non-hydrogen) atoms. The molecule has 0 saturated carbocycles. The molecule has 0 spiro atoms. The van der Waals surface area contributed by atoms with Gasteiger partial charge >= 0.3 is 0 Å². The van der Waals surface area contributed by atoms with Gasteiger partial charge in [0.25, 0.3) is 0 Å². The lowest BCUT2D eigenvalue weighted by atomic mass is 10.1. The average Bonchev–Trinajstić information content (AvgIpc) is 2.59. The predicted molar refractivity (Wildman–Crippen MR) is 89.0 cm³/mol. The Morgan fingerprint density at radius 2 is 1.74 bits per heavy atom. The first kappa shape index (κ1) is 18.5. The third-order valence-electron chi connectivity index (χ3n) is 2.92. The van der Waals surface area contributed by atoms with Gasteiger partial charge in [-0.2, -0.15) is 0 Å². The molecule has 0 unspecified atom stereocenters. The molecule has 6 nitrogen and oxygen atoms in total. The van der Waals surface area contributed by atoms with E-state index in [1.165, 1.54) is 0 Å². The van der Waals surface area contributed by atoms with Gasteiger partial charge in [0, 0.05) is 5.56 Å². The fourth-order valence-corrected chi connectivity index (χ4v) is 1.72. The van der Waals surface area contributed by atoms with Gasteiger partial charge in [-0.05, 0) is 44.2 Å². The molecule has 0 aliphatic carbocycles. The third-order valence-corrected chi connectivity index (χ3v) is 2.92. The summed E-state index contributed by atoms with van der Waals surface area (Å²) >= 11 is 0.